The average molecular weight is 517 g/mol. The maximum absolute atomic E-state index is 13.0. The van der Waals surface area contributed by atoms with Gasteiger partial charge in [0.1, 0.15) is 5.82 Å². The molecule has 2 heterocycles. The number of nitrogens with zero attached hydrogens (tertiary/aromatic N) is 2. The first kappa shape index (κ1) is 19.9. The third-order valence-corrected chi connectivity index (χ3v) is 6.18. The highest BCUT2D eigenvalue weighted by atomic mass is 127. The molecule has 0 aliphatic carbocycles. The van der Waals surface area contributed by atoms with Gasteiger partial charge in [0.15, 0.2) is 5.17 Å². The maximum atomic E-state index is 13.0. The number of benzene rings is 2. The quantitative estimate of drug-likeness (QED) is 0.357. The molecular weight excluding hydrogens is 500 g/mol. The Bertz CT molecular complexity index is 1150. The zero-order valence-corrected chi connectivity index (χ0v) is 18.7. The van der Waals surface area contributed by atoms with Gasteiger partial charge in [0, 0.05) is 20.6 Å². The highest BCUT2D eigenvalue weighted by Gasteiger charge is 2.24. The number of nitrogens with one attached hydrogen (secondary N) is 1. The molecule has 4 rings (SSSR count). The molecule has 1 aromatic heterocycles. The van der Waals surface area contributed by atoms with Gasteiger partial charge in [-0.2, -0.15) is 0 Å². The largest absolute Gasteiger partial charge is 0.318 e. The Kier molecular flexibility index (Phi) is 5.60. The highest BCUT2D eigenvalue weighted by Crippen LogP contribution is 2.30. The molecule has 146 valence electrons. The number of hydrogen-bond acceptors (Lipinski definition) is 3. The molecule has 1 aliphatic heterocycles. The number of thioether (sulfide) groups is 1. The van der Waals surface area contributed by atoms with Gasteiger partial charge in [-0.1, -0.05) is 0 Å². The van der Waals surface area contributed by atoms with Gasteiger partial charge in [-0.15, -0.1) is 0 Å². The molecule has 0 atom stereocenters. The number of amidine groups is 1. The maximum Gasteiger partial charge on any atom is 0.264 e. The predicted octanol–water partition coefficient (Wildman–Crippen LogP) is 5.73. The van der Waals surface area contributed by atoms with E-state index in [9.17, 15) is 9.18 Å². The monoisotopic (exact) mass is 517 g/mol. The van der Waals surface area contributed by atoms with Gasteiger partial charge < -0.3 is 9.88 Å². The molecule has 2 aromatic carbocycles. The third-order valence-electron chi connectivity index (χ3n) is 4.55. The van der Waals surface area contributed by atoms with Crippen LogP contribution in [0.25, 0.3) is 11.8 Å². The molecule has 0 unspecified atom stereocenters. The first-order valence-electron chi connectivity index (χ1n) is 8.91. The number of halogens is 2. The first-order chi connectivity index (χ1) is 13.9. The molecule has 1 saturated heterocycles. The van der Waals surface area contributed by atoms with Crippen LogP contribution in [0.3, 0.4) is 0 Å². The van der Waals surface area contributed by atoms with Gasteiger partial charge in [0.2, 0.25) is 0 Å². The third kappa shape index (κ3) is 4.30. The molecule has 7 heteroatoms. The van der Waals surface area contributed by atoms with E-state index in [2.05, 4.69) is 74.7 Å². The van der Waals surface area contributed by atoms with Gasteiger partial charge in [-0.05, 0) is 114 Å². The van der Waals surface area contributed by atoms with E-state index >= 15 is 0 Å². The Labute approximate surface area is 186 Å². The van der Waals surface area contributed by atoms with E-state index in [4.69, 9.17) is 0 Å². The molecule has 0 saturated carbocycles. The number of hydrogen-bond donors (Lipinski definition) is 1. The number of aryl methyl sites for hydroxylation is 1. The van der Waals surface area contributed by atoms with Crippen LogP contribution in [0.15, 0.2) is 64.5 Å². The van der Waals surface area contributed by atoms with E-state index < -0.39 is 0 Å². The molecule has 4 nitrogen and oxygen atoms in total. The van der Waals surface area contributed by atoms with E-state index in [1.165, 1.54) is 27.5 Å². The lowest BCUT2D eigenvalue weighted by Gasteiger charge is -2.09. The van der Waals surface area contributed by atoms with Crippen LogP contribution >= 0.6 is 34.4 Å². The molecule has 29 heavy (non-hydrogen) atoms. The standard InChI is InChI=1S/C22H17FIN3OS/c1-13-11-15(14(2)27(13)19-9-5-17(24)6-10-19)12-20-21(28)26-22(29-20)25-18-7-3-16(23)4-8-18/h3-12H,1-2H3,(H,25,26,28)/b20-12-. The molecule has 1 amide bonds. The van der Waals surface area contributed by atoms with Crippen molar-refractivity contribution in [3.05, 3.63) is 85.8 Å². The van der Waals surface area contributed by atoms with Crippen LogP contribution in [0.4, 0.5) is 10.1 Å². The van der Waals surface area contributed by atoms with E-state index in [0.717, 1.165) is 22.6 Å². The van der Waals surface area contributed by atoms with Crippen molar-refractivity contribution in [3.63, 3.8) is 0 Å². The van der Waals surface area contributed by atoms with E-state index in [-0.39, 0.29) is 11.7 Å². The summed E-state index contributed by atoms with van der Waals surface area (Å²) in [4.78, 5) is 17.3. The van der Waals surface area contributed by atoms with E-state index in [0.29, 0.717) is 15.8 Å². The van der Waals surface area contributed by atoms with Crippen molar-refractivity contribution in [2.24, 2.45) is 4.99 Å². The van der Waals surface area contributed by atoms with Crippen molar-refractivity contribution in [1.29, 1.82) is 0 Å². The number of carbonyl (C=O) groups is 1. The molecule has 1 aliphatic rings. The van der Waals surface area contributed by atoms with Crippen molar-refractivity contribution in [1.82, 2.24) is 9.88 Å². The average Bonchev–Trinajstić information content (AvgIpc) is 3.17. The van der Waals surface area contributed by atoms with E-state index in [1.54, 1.807) is 12.1 Å². The molecule has 3 aromatic rings. The van der Waals surface area contributed by atoms with Crippen molar-refractivity contribution in [2.45, 2.75) is 13.8 Å². The summed E-state index contributed by atoms with van der Waals surface area (Å²) in [5.74, 6) is -0.504. The SMILES string of the molecule is Cc1cc(/C=C2\SC(=Nc3ccc(F)cc3)NC2=O)c(C)n1-c1ccc(I)cc1. The fourth-order valence-electron chi connectivity index (χ4n) is 3.18. The molecule has 0 radical (unpaired) electrons. The number of aliphatic imine (C=N–C) groups is 1. The summed E-state index contributed by atoms with van der Waals surface area (Å²) in [7, 11) is 0. The molecular formula is C22H17FIN3OS. The summed E-state index contributed by atoms with van der Waals surface area (Å²) in [6.45, 7) is 4.10. The lowest BCUT2D eigenvalue weighted by atomic mass is 10.2. The minimum absolute atomic E-state index is 0.185. The first-order valence-corrected chi connectivity index (χ1v) is 10.8. The zero-order chi connectivity index (χ0) is 20.5. The smallest absolute Gasteiger partial charge is 0.264 e. The lowest BCUT2D eigenvalue weighted by Crippen LogP contribution is -2.19. The highest BCUT2D eigenvalue weighted by molar-refractivity contribution is 14.1. The van der Waals surface area contributed by atoms with Crippen molar-refractivity contribution >= 4 is 57.2 Å². The Morgan fingerprint density at radius 2 is 1.79 bits per heavy atom. The van der Waals surface area contributed by atoms with Crippen molar-refractivity contribution in [3.8, 4) is 5.69 Å². The van der Waals surface area contributed by atoms with Crippen LogP contribution in [0.2, 0.25) is 0 Å². The van der Waals surface area contributed by atoms with Crippen molar-refractivity contribution in [2.75, 3.05) is 0 Å². The summed E-state index contributed by atoms with van der Waals surface area (Å²) in [5.41, 5.74) is 4.83. The van der Waals surface area contributed by atoms with Gasteiger partial charge >= 0.3 is 0 Å². The predicted molar refractivity (Wildman–Crippen MR) is 125 cm³/mol. The summed E-state index contributed by atoms with van der Waals surface area (Å²) < 4.78 is 16.4. The lowest BCUT2D eigenvalue weighted by molar-refractivity contribution is -0.115. The second-order valence-electron chi connectivity index (χ2n) is 6.60. The van der Waals surface area contributed by atoms with Crippen LogP contribution in [0, 0.1) is 23.2 Å². The van der Waals surface area contributed by atoms with Crippen LogP contribution in [-0.4, -0.2) is 15.6 Å². The summed E-state index contributed by atoms with van der Waals surface area (Å²) in [6, 6.07) is 16.2. The van der Waals surface area contributed by atoms with Gasteiger partial charge in [0.05, 0.1) is 10.6 Å². The summed E-state index contributed by atoms with van der Waals surface area (Å²) in [5, 5.41) is 3.26. The topological polar surface area (TPSA) is 46.4 Å². The number of rotatable bonds is 3. The van der Waals surface area contributed by atoms with Crippen LogP contribution in [-0.2, 0) is 4.79 Å². The zero-order valence-electron chi connectivity index (χ0n) is 15.7. The Morgan fingerprint density at radius 1 is 1.10 bits per heavy atom. The molecule has 1 N–H and O–H groups in total. The second-order valence-corrected chi connectivity index (χ2v) is 8.87. The minimum Gasteiger partial charge on any atom is -0.318 e. The van der Waals surface area contributed by atoms with Crippen LogP contribution in [0.5, 0.6) is 0 Å². The van der Waals surface area contributed by atoms with Gasteiger partial charge in [0.25, 0.3) is 5.91 Å². The second kappa shape index (κ2) is 8.16. The van der Waals surface area contributed by atoms with E-state index in [1.807, 2.05) is 13.0 Å². The number of amides is 1. The summed E-state index contributed by atoms with van der Waals surface area (Å²) >= 11 is 3.57. The fourth-order valence-corrected chi connectivity index (χ4v) is 4.37. The molecule has 1 fully saturated rings. The number of aromatic nitrogens is 1. The van der Waals surface area contributed by atoms with Crippen LogP contribution in [0.1, 0.15) is 17.0 Å². The molecule has 0 bridgehead atoms. The van der Waals surface area contributed by atoms with Gasteiger partial charge in [-0.25, -0.2) is 9.38 Å². The molecule has 0 spiro atoms. The minimum atomic E-state index is -0.318. The fraction of sp³-hybridized carbons (Fsp3) is 0.0909. The normalized spacial score (nSPS) is 16.6. The summed E-state index contributed by atoms with van der Waals surface area (Å²) in [6.07, 6.45) is 1.89. The Morgan fingerprint density at radius 3 is 2.48 bits per heavy atom. The van der Waals surface area contributed by atoms with Crippen LogP contribution < -0.4 is 5.32 Å². The number of carbonyl (C=O) groups excluding carboxylic acids is 1. The Balaban J connectivity index is 1.63. The Hall–Kier alpha value is -2.39. The van der Waals surface area contributed by atoms with Crippen molar-refractivity contribution < 1.29 is 9.18 Å². The van der Waals surface area contributed by atoms with Gasteiger partial charge in [-0.3, -0.25) is 4.79 Å².